The Hall–Kier alpha value is -9.80. The van der Waals surface area contributed by atoms with Crippen molar-refractivity contribution in [2.75, 3.05) is 39.4 Å². The number of aryl methyl sites for hydroxylation is 2. The maximum absolute atomic E-state index is 15.7. The molecule has 10 nitrogen and oxygen atoms in total. The molecule has 0 fully saturated rings. The first-order valence-corrected chi connectivity index (χ1v) is 48.2. The number of unbranched alkanes of at least 4 members (excludes halogenated alkanes) is 6. The van der Waals surface area contributed by atoms with Gasteiger partial charge in [-0.1, -0.05) is 323 Å². The van der Waals surface area contributed by atoms with Gasteiger partial charge in [0.1, 0.15) is 11.5 Å². The first kappa shape index (κ1) is 89.0. The van der Waals surface area contributed by atoms with Crippen molar-refractivity contribution >= 4 is 46.4 Å². The molecule has 8 aliphatic rings. The largest absolute Gasteiger partial charge is 0.494 e. The van der Waals surface area contributed by atoms with E-state index in [0.29, 0.717) is 85.4 Å². The van der Waals surface area contributed by atoms with Crippen molar-refractivity contribution in [2.45, 2.75) is 289 Å². The van der Waals surface area contributed by atoms with Crippen LogP contribution >= 0.6 is 0 Å². The average Bonchev–Trinajstić information content (AvgIpc) is 1.54. The van der Waals surface area contributed by atoms with Crippen molar-refractivity contribution in [1.29, 1.82) is 0 Å². The Kier molecular flexibility index (Phi) is 26.0. The molecule has 4 aliphatic carbocycles. The van der Waals surface area contributed by atoms with E-state index in [-0.39, 0.29) is 45.3 Å². The van der Waals surface area contributed by atoms with Gasteiger partial charge in [0, 0.05) is 47.8 Å². The van der Waals surface area contributed by atoms with Crippen LogP contribution in [0.5, 0.6) is 11.5 Å². The van der Waals surface area contributed by atoms with Crippen LogP contribution in [0.15, 0.2) is 168 Å². The van der Waals surface area contributed by atoms with Gasteiger partial charge in [0.05, 0.1) is 58.3 Å². The highest BCUT2D eigenvalue weighted by Gasteiger charge is 2.53. The Balaban J connectivity index is 0.000000193. The standard InChI is InChI=1S/C60H76N2O4.C54H64N2O2/c1-11-17-21-39(15-5)37-61-55(41-23-27-45-47-29-25-43(65-31-19-13-3)35-51(47)59(7,8)49(45)33-41)53-54(57(61)63)56(62(58(53)64)38-40(16-6)22-18-12-2)42-24-28-46-48-30-26-44(66-32-20-14-4)36-52(48)60(9,10)50(46)34-42;1-11-15-17-35(13-3)31-55-49(37-21-25-41-39-23-19-33(5)27-43(39)53(7,8)45(41)29-37)47-48(51(55)57)50(56(52(47)58)32-36(14-4)18-16-12-2)38-22-26-42-40-24-20-34(6)28-44(40)54(9,10)46(42)30-38/h23-30,33-36,39-40H,11-22,31-32,37-38H2,1-10H3;19-30,35-36H,11-18,31-32H2,1-10H3. The van der Waals surface area contributed by atoms with E-state index < -0.39 is 0 Å². The summed E-state index contributed by atoms with van der Waals surface area (Å²) >= 11 is 0. The minimum Gasteiger partial charge on any atom is -0.494 e. The summed E-state index contributed by atoms with van der Waals surface area (Å²) in [6, 6.07) is 53.6. The zero-order chi connectivity index (χ0) is 88.2. The fourth-order valence-electron chi connectivity index (χ4n) is 22.0. The van der Waals surface area contributed by atoms with E-state index in [0.717, 1.165) is 185 Å². The Morgan fingerprint density at radius 3 is 0.702 bits per heavy atom. The molecule has 4 aliphatic heterocycles. The molecule has 0 saturated heterocycles. The highest BCUT2D eigenvalue weighted by Crippen LogP contribution is 2.59. The molecule has 0 N–H and O–H groups in total. The monoisotopic (exact) mass is 1660 g/mol. The number of nitrogens with zero attached hydrogens (tertiary/aromatic N) is 4. The van der Waals surface area contributed by atoms with Crippen molar-refractivity contribution in [3.05, 3.63) is 246 Å². The molecule has 4 amide bonds. The molecule has 0 saturated carbocycles. The normalized spacial score (nSPS) is 17.7. The Labute approximate surface area is 743 Å². The second kappa shape index (κ2) is 36.3. The predicted molar refractivity (Wildman–Crippen MR) is 514 cm³/mol. The molecular weight excluding hydrogens is 1520 g/mol. The van der Waals surface area contributed by atoms with Crippen LogP contribution in [-0.4, -0.2) is 82.6 Å². The van der Waals surface area contributed by atoms with Gasteiger partial charge in [-0.15, -0.1) is 0 Å². The molecule has 124 heavy (non-hydrogen) atoms. The lowest BCUT2D eigenvalue weighted by molar-refractivity contribution is -0.124. The molecule has 0 bridgehead atoms. The molecule has 0 radical (unpaired) electrons. The summed E-state index contributed by atoms with van der Waals surface area (Å²) < 4.78 is 12.4. The van der Waals surface area contributed by atoms with Crippen LogP contribution < -0.4 is 9.47 Å². The molecule has 0 aromatic heterocycles. The predicted octanol–water partition coefficient (Wildman–Crippen LogP) is 28.1. The molecule has 8 aromatic carbocycles. The van der Waals surface area contributed by atoms with Crippen LogP contribution in [0.25, 0.3) is 67.3 Å². The number of hydrogen-bond acceptors (Lipinski definition) is 6. The minimum atomic E-state index is -0.309. The van der Waals surface area contributed by atoms with Crippen molar-refractivity contribution in [3.63, 3.8) is 0 Å². The second-order valence-corrected chi connectivity index (χ2v) is 39.7. The molecule has 0 spiro atoms. The molecule has 652 valence electrons. The quantitative estimate of drug-likeness (QED) is 0.0363. The summed E-state index contributed by atoms with van der Waals surface area (Å²) in [6.07, 6.45) is 21.3. The Morgan fingerprint density at radius 1 is 0.266 bits per heavy atom. The molecule has 10 heteroatoms. The number of carbonyl (C=O) groups excluding carboxylic acids is 4. The number of rotatable bonds is 36. The third-order valence-corrected chi connectivity index (χ3v) is 29.9. The van der Waals surface area contributed by atoms with Gasteiger partial charge < -0.3 is 29.1 Å². The van der Waals surface area contributed by atoms with Gasteiger partial charge in [-0.25, -0.2) is 0 Å². The van der Waals surface area contributed by atoms with E-state index in [4.69, 9.17) is 9.47 Å². The van der Waals surface area contributed by atoms with E-state index >= 15 is 19.2 Å². The fraction of sp³-hybridized carbons (Fsp3) is 0.474. The van der Waals surface area contributed by atoms with Crippen LogP contribution in [0.2, 0.25) is 0 Å². The van der Waals surface area contributed by atoms with Crippen molar-refractivity contribution in [1.82, 2.24) is 19.6 Å². The van der Waals surface area contributed by atoms with Gasteiger partial charge in [-0.2, -0.15) is 0 Å². The number of benzene rings is 8. The van der Waals surface area contributed by atoms with E-state index in [9.17, 15) is 0 Å². The van der Waals surface area contributed by atoms with Crippen LogP contribution in [-0.2, 0) is 40.8 Å². The van der Waals surface area contributed by atoms with E-state index in [2.05, 4.69) is 284 Å². The Morgan fingerprint density at radius 2 is 0.476 bits per heavy atom. The zero-order valence-corrected chi connectivity index (χ0v) is 78.8. The first-order chi connectivity index (χ1) is 59.6. The maximum Gasteiger partial charge on any atom is 0.261 e. The summed E-state index contributed by atoms with van der Waals surface area (Å²) in [4.78, 5) is 70.5. The SMILES string of the molecule is CCCCC(CC)CN1C(=O)C2=C(c3ccc4c(c3)C(C)(C)c3cc(C)ccc3-4)N(CC(CC)CCCC)C(=O)C2=C1c1ccc2c(c1)C(C)(C)c1cc(C)ccc1-2.CCCCOc1ccc2c(c1)C(C)(C)c1cc(C3=C4C(=O)N(CC(CC)CCCC)C(c5ccc6c(c5)C(C)(C)c5cc(OCCCC)ccc5-6)=C4C(=O)N3CC(CC)CCCC)ccc1-2. The van der Waals surface area contributed by atoms with E-state index in [1.165, 1.54) is 100 Å². The number of hydrogen-bond donors (Lipinski definition) is 0. The lowest BCUT2D eigenvalue weighted by atomic mass is 9.81. The van der Waals surface area contributed by atoms with Gasteiger partial charge in [0.2, 0.25) is 0 Å². The summed E-state index contributed by atoms with van der Waals surface area (Å²) in [5.74, 6) is 2.98. The van der Waals surface area contributed by atoms with Gasteiger partial charge in [-0.3, -0.25) is 19.2 Å². The van der Waals surface area contributed by atoms with Gasteiger partial charge in [-0.05, 0) is 236 Å². The third-order valence-electron chi connectivity index (χ3n) is 29.9. The average molecular weight is 1660 g/mol. The van der Waals surface area contributed by atoms with Gasteiger partial charge >= 0.3 is 0 Å². The molecule has 4 unspecified atom stereocenters. The second-order valence-electron chi connectivity index (χ2n) is 39.7. The van der Waals surface area contributed by atoms with E-state index in [1.807, 2.05) is 19.6 Å². The molecular formula is C114H140N4O6. The van der Waals surface area contributed by atoms with Crippen LogP contribution in [0.1, 0.15) is 331 Å². The number of amides is 4. The van der Waals surface area contributed by atoms with E-state index in [1.54, 1.807) is 0 Å². The molecule has 4 heterocycles. The zero-order valence-electron chi connectivity index (χ0n) is 78.8. The lowest BCUT2D eigenvalue weighted by Crippen LogP contribution is -2.35. The molecule has 4 atom stereocenters. The third kappa shape index (κ3) is 15.8. The van der Waals surface area contributed by atoms with Crippen molar-refractivity contribution < 1.29 is 28.7 Å². The van der Waals surface area contributed by atoms with Crippen molar-refractivity contribution in [3.8, 4) is 56.0 Å². The number of carbonyl (C=O) groups is 4. The summed E-state index contributed by atoms with van der Waals surface area (Å²) in [7, 11) is 0. The highest BCUT2D eigenvalue weighted by atomic mass is 16.5. The molecule has 16 rings (SSSR count). The number of fused-ring (bicyclic) bond motifs is 14. The first-order valence-electron chi connectivity index (χ1n) is 48.2. The smallest absolute Gasteiger partial charge is 0.261 e. The summed E-state index contributed by atoms with van der Waals surface area (Å²) in [6.45, 7) is 48.9. The Bertz CT molecular complexity index is 5270. The maximum atomic E-state index is 15.7. The molecule has 8 aromatic rings. The fourth-order valence-corrected chi connectivity index (χ4v) is 22.0. The van der Waals surface area contributed by atoms with Crippen LogP contribution in [0, 0.1) is 37.5 Å². The van der Waals surface area contributed by atoms with Gasteiger partial charge in [0.25, 0.3) is 23.6 Å². The van der Waals surface area contributed by atoms with Crippen LogP contribution in [0.4, 0.5) is 0 Å². The minimum absolute atomic E-state index is 0.0234. The summed E-state index contributed by atoms with van der Waals surface area (Å²) in [5.41, 5.74) is 30.8. The van der Waals surface area contributed by atoms with Crippen LogP contribution in [0.3, 0.4) is 0 Å². The van der Waals surface area contributed by atoms with Gasteiger partial charge in [0.15, 0.2) is 0 Å². The topological polar surface area (TPSA) is 99.7 Å². The lowest BCUT2D eigenvalue weighted by Gasteiger charge is -2.30. The summed E-state index contributed by atoms with van der Waals surface area (Å²) in [5, 5.41) is 0. The van der Waals surface area contributed by atoms with Crippen molar-refractivity contribution in [2.24, 2.45) is 23.7 Å². The highest BCUT2D eigenvalue weighted by molar-refractivity contribution is 6.31. The number of ether oxygens (including phenoxy) is 2.